The maximum Gasteiger partial charge on any atom is 0.243 e. The monoisotopic (exact) mass is 402 g/mol. The Morgan fingerprint density at radius 1 is 1.07 bits per heavy atom. The summed E-state index contributed by atoms with van der Waals surface area (Å²) in [5, 5.41) is 3.75. The maximum absolute atomic E-state index is 13.5. The molecule has 0 spiro atoms. The van der Waals surface area contributed by atoms with E-state index in [1.54, 1.807) is 30.3 Å². The highest BCUT2D eigenvalue weighted by atomic mass is 32.2. The molecular formula is C19H19FN4O3S. The lowest BCUT2D eigenvalue weighted by atomic mass is 10.2. The average Bonchev–Trinajstić information content (AvgIpc) is 2.73. The zero-order chi connectivity index (χ0) is 19.6. The van der Waals surface area contributed by atoms with Gasteiger partial charge in [-0.25, -0.2) is 22.8 Å². The van der Waals surface area contributed by atoms with E-state index in [2.05, 4.69) is 15.3 Å². The molecule has 1 aromatic heterocycles. The number of anilines is 1. The highest BCUT2D eigenvalue weighted by molar-refractivity contribution is 7.89. The predicted molar refractivity (Wildman–Crippen MR) is 103 cm³/mol. The van der Waals surface area contributed by atoms with E-state index in [4.69, 9.17) is 4.74 Å². The molecule has 0 saturated carbocycles. The van der Waals surface area contributed by atoms with Crippen LogP contribution in [0.4, 0.5) is 10.2 Å². The Labute approximate surface area is 162 Å². The minimum absolute atomic E-state index is 0.257. The minimum Gasteiger partial charge on any atom is -0.379 e. The summed E-state index contributed by atoms with van der Waals surface area (Å²) in [5.74, 6) is 0.164. The summed E-state index contributed by atoms with van der Waals surface area (Å²) in [4.78, 5) is 8.56. The van der Waals surface area contributed by atoms with Crippen molar-refractivity contribution in [3.63, 3.8) is 0 Å². The normalized spacial score (nSPS) is 15.6. The fourth-order valence-corrected chi connectivity index (χ4v) is 4.48. The summed E-state index contributed by atoms with van der Waals surface area (Å²) in [6, 6.07) is 11.0. The van der Waals surface area contributed by atoms with Crippen LogP contribution in [0.3, 0.4) is 0 Å². The van der Waals surface area contributed by atoms with Crippen LogP contribution >= 0.6 is 0 Å². The van der Waals surface area contributed by atoms with Crippen molar-refractivity contribution in [1.82, 2.24) is 14.3 Å². The molecule has 0 atom stereocenters. The first-order valence-electron chi connectivity index (χ1n) is 8.85. The van der Waals surface area contributed by atoms with Gasteiger partial charge in [0.1, 0.15) is 18.0 Å². The number of benzene rings is 2. The number of halogens is 1. The van der Waals surface area contributed by atoms with Gasteiger partial charge in [-0.1, -0.05) is 12.1 Å². The molecule has 1 N–H and O–H groups in total. The van der Waals surface area contributed by atoms with Crippen LogP contribution in [-0.2, 0) is 21.3 Å². The summed E-state index contributed by atoms with van der Waals surface area (Å²) in [6.07, 6.45) is 1.42. The first-order valence-corrected chi connectivity index (χ1v) is 10.3. The second-order valence-corrected chi connectivity index (χ2v) is 8.34. The summed E-state index contributed by atoms with van der Waals surface area (Å²) < 4.78 is 45.5. The predicted octanol–water partition coefficient (Wildman–Crippen LogP) is 2.40. The molecular weight excluding hydrogens is 383 g/mol. The van der Waals surface area contributed by atoms with Crippen LogP contribution < -0.4 is 5.32 Å². The van der Waals surface area contributed by atoms with Crippen molar-refractivity contribution in [3.05, 3.63) is 60.2 Å². The second kappa shape index (κ2) is 7.78. The van der Waals surface area contributed by atoms with Crippen molar-refractivity contribution in [2.75, 3.05) is 31.6 Å². The topological polar surface area (TPSA) is 84.4 Å². The second-order valence-electron chi connectivity index (χ2n) is 6.40. The third-order valence-corrected chi connectivity index (χ3v) is 6.50. The maximum atomic E-state index is 13.5. The number of ether oxygens (including phenoxy) is 1. The van der Waals surface area contributed by atoms with Crippen LogP contribution in [-0.4, -0.2) is 49.0 Å². The molecule has 0 aliphatic carbocycles. The molecule has 2 heterocycles. The van der Waals surface area contributed by atoms with Gasteiger partial charge < -0.3 is 10.1 Å². The number of aromatic nitrogens is 2. The Kier molecular flexibility index (Phi) is 5.21. The highest BCUT2D eigenvalue weighted by Crippen LogP contribution is 2.22. The zero-order valence-electron chi connectivity index (χ0n) is 15.0. The van der Waals surface area contributed by atoms with Gasteiger partial charge in [-0.05, 0) is 35.9 Å². The first-order chi connectivity index (χ1) is 13.5. The van der Waals surface area contributed by atoms with Crippen LogP contribution in [0.2, 0.25) is 0 Å². The third kappa shape index (κ3) is 3.82. The van der Waals surface area contributed by atoms with Crippen LogP contribution in [0, 0.1) is 5.82 Å². The zero-order valence-corrected chi connectivity index (χ0v) is 15.8. The van der Waals surface area contributed by atoms with Gasteiger partial charge in [-0.15, -0.1) is 0 Å². The van der Waals surface area contributed by atoms with Gasteiger partial charge in [0, 0.05) is 25.0 Å². The molecule has 0 unspecified atom stereocenters. The fraction of sp³-hybridized carbons (Fsp3) is 0.263. The molecule has 1 aliphatic rings. The van der Waals surface area contributed by atoms with Crippen molar-refractivity contribution >= 4 is 26.7 Å². The number of nitrogens with one attached hydrogen (secondary N) is 1. The lowest BCUT2D eigenvalue weighted by Gasteiger charge is -2.26. The molecule has 0 bridgehead atoms. The molecule has 4 rings (SSSR count). The van der Waals surface area contributed by atoms with Gasteiger partial charge in [0.05, 0.1) is 23.6 Å². The van der Waals surface area contributed by atoms with Crippen LogP contribution in [0.15, 0.2) is 53.7 Å². The summed E-state index contributed by atoms with van der Waals surface area (Å²) in [7, 11) is -3.51. The standard InChI is InChI=1S/C19H19FN4O3S/c20-15-3-6-18-17(11-15)19(23-13-22-18)21-12-14-1-4-16(5-2-14)28(25,26)24-7-9-27-10-8-24/h1-6,11,13H,7-10,12H2,(H,21,22,23). The molecule has 1 fully saturated rings. The third-order valence-electron chi connectivity index (χ3n) is 4.59. The lowest BCUT2D eigenvalue weighted by Crippen LogP contribution is -2.40. The van der Waals surface area contributed by atoms with Crippen molar-refractivity contribution in [3.8, 4) is 0 Å². The molecule has 9 heteroatoms. The van der Waals surface area contributed by atoms with E-state index in [1.807, 2.05) is 0 Å². The van der Waals surface area contributed by atoms with E-state index in [-0.39, 0.29) is 10.7 Å². The Morgan fingerprint density at radius 3 is 2.57 bits per heavy atom. The highest BCUT2D eigenvalue weighted by Gasteiger charge is 2.26. The van der Waals surface area contributed by atoms with E-state index in [0.29, 0.717) is 49.6 Å². The summed E-state index contributed by atoms with van der Waals surface area (Å²) in [5.41, 5.74) is 1.52. The molecule has 146 valence electrons. The lowest BCUT2D eigenvalue weighted by molar-refractivity contribution is 0.0730. The SMILES string of the molecule is O=S(=O)(c1ccc(CNc2ncnc3ccc(F)cc23)cc1)N1CCOCC1. The number of hydrogen-bond acceptors (Lipinski definition) is 6. The molecule has 28 heavy (non-hydrogen) atoms. The van der Waals surface area contributed by atoms with Gasteiger partial charge in [-0.3, -0.25) is 0 Å². The number of hydrogen-bond donors (Lipinski definition) is 1. The Balaban J connectivity index is 1.49. The van der Waals surface area contributed by atoms with Crippen LogP contribution in [0.1, 0.15) is 5.56 Å². The number of rotatable bonds is 5. The van der Waals surface area contributed by atoms with Crippen molar-refractivity contribution in [2.45, 2.75) is 11.4 Å². The Bertz CT molecular complexity index is 1080. The average molecular weight is 402 g/mol. The van der Waals surface area contributed by atoms with Crippen LogP contribution in [0.25, 0.3) is 10.9 Å². The van der Waals surface area contributed by atoms with E-state index in [0.717, 1.165) is 5.56 Å². The quantitative estimate of drug-likeness (QED) is 0.706. The number of fused-ring (bicyclic) bond motifs is 1. The number of nitrogens with zero attached hydrogens (tertiary/aromatic N) is 3. The summed E-state index contributed by atoms with van der Waals surface area (Å²) >= 11 is 0. The van der Waals surface area contributed by atoms with Crippen molar-refractivity contribution in [1.29, 1.82) is 0 Å². The minimum atomic E-state index is -3.51. The van der Waals surface area contributed by atoms with Gasteiger partial charge in [0.2, 0.25) is 10.0 Å². The van der Waals surface area contributed by atoms with Gasteiger partial charge in [0.25, 0.3) is 0 Å². The molecule has 0 amide bonds. The Hall–Kier alpha value is -2.62. The van der Waals surface area contributed by atoms with E-state index in [9.17, 15) is 12.8 Å². The summed E-state index contributed by atoms with van der Waals surface area (Å²) in [6.45, 7) is 1.97. The molecule has 2 aromatic carbocycles. The van der Waals surface area contributed by atoms with Crippen molar-refractivity contribution < 1.29 is 17.5 Å². The first kappa shape index (κ1) is 18.7. The smallest absolute Gasteiger partial charge is 0.243 e. The Morgan fingerprint density at radius 2 is 1.82 bits per heavy atom. The molecule has 1 saturated heterocycles. The molecule has 1 aliphatic heterocycles. The fourth-order valence-electron chi connectivity index (χ4n) is 3.07. The van der Waals surface area contributed by atoms with E-state index >= 15 is 0 Å². The van der Waals surface area contributed by atoms with Crippen molar-refractivity contribution in [2.24, 2.45) is 0 Å². The largest absolute Gasteiger partial charge is 0.379 e. The van der Waals surface area contributed by atoms with Gasteiger partial charge in [-0.2, -0.15) is 4.31 Å². The molecule has 3 aromatic rings. The van der Waals surface area contributed by atoms with Gasteiger partial charge in [0.15, 0.2) is 0 Å². The number of morpholine rings is 1. The van der Waals surface area contributed by atoms with E-state index in [1.165, 1.54) is 22.8 Å². The number of sulfonamides is 1. The van der Waals surface area contributed by atoms with Crippen LogP contribution in [0.5, 0.6) is 0 Å². The molecule has 7 nitrogen and oxygen atoms in total. The van der Waals surface area contributed by atoms with Gasteiger partial charge >= 0.3 is 0 Å². The van der Waals surface area contributed by atoms with E-state index < -0.39 is 10.0 Å². The molecule has 0 radical (unpaired) electrons.